The molecule has 5 nitrogen and oxygen atoms in total. The molecule has 20 heavy (non-hydrogen) atoms. The zero-order chi connectivity index (χ0) is 14.5. The number of carbonyl (C=O) groups is 1. The van der Waals surface area contributed by atoms with Crippen molar-refractivity contribution in [3.05, 3.63) is 29.8 Å². The summed E-state index contributed by atoms with van der Waals surface area (Å²) >= 11 is 0. The number of anilines is 1. The van der Waals surface area contributed by atoms with Gasteiger partial charge < -0.3 is 15.4 Å². The number of hydrogen-bond acceptors (Lipinski definition) is 4. The molecule has 2 rings (SSSR count). The highest BCUT2D eigenvalue weighted by molar-refractivity contribution is 6.07. The molecular weight excluding hydrogens is 254 g/mol. The molecule has 1 atom stereocenters. The summed E-state index contributed by atoms with van der Waals surface area (Å²) in [5, 5.41) is 15.4. The minimum Gasteiger partial charge on any atom is -0.411 e. The van der Waals surface area contributed by atoms with E-state index in [2.05, 4.69) is 15.4 Å². The summed E-state index contributed by atoms with van der Waals surface area (Å²) in [4.78, 5) is 14.2. The standard InChI is InChI=1S/C15H21N3O2/c1-3-9-16-15(19)11(2)18-10-8-13(17-20)12-6-4-5-7-14(12)18/h4-7,11,20H,3,8-10H2,1-2H3,(H,16,19). The van der Waals surface area contributed by atoms with E-state index in [4.69, 9.17) is 5.21 Å². The van der Waals surface area contributed by atoms with Crippen LogP contribution >= 0.6 is 0 Å². The minimum atomic E-state index is -0.233. The van der Waals surface area contributed by atoms with E-state index in [1.807, 2.05) is 38.1 Å². The number of benzene rings is 1. The second kappa shape index (κ2) is 6.41. The zero-order valence-electron chi connectivity index (χ0n) is 12.0. The summed E-state index contributed by atoms with van der Waals surface area (Å²) in [6, 6.07) is 7.50. The molecule has 1 aliphatic heterocycles. The largest absolute Gasteiger partial charge is 0.411 e. The fourth-order valence-corrected chi connectivity index (χ4v) is 2.49. The Morgan fingerprint density at radius 2 is 2.25 bits per heavy atom. The highest BCUT2D eigenvalue weighted by Crippen LogP contribution is 2.28. The lowest BCUT2D eigenvalue weighted by Crippen LogP contribution is -2.48. The SMILES string of the molecule is CCCNC(=O)C(C)N1CCC(=NO)c2ccccc21. The molecule has 5 heteroatoms. The summed E-state index contributed by atoms with van der Waals surface area (Å²) in [6.07, 6.45) is 1.56. The van der Waals surface area contributed by atoms with Crippen LogP contribution in [0.2, 0.25) is 0 Å². The summed E-state index contributed by atoms with van der Waals surface area (Å²) < 4.78 is 0. The van der Waals surface area contributed by atoms with Gasteiger partial charge in [0.15, 0.2) is 0 Å². The van der Waals surface area contributed by atoms with Crippen LogP contribution in [-0.2, 0) is 4.79 Å². The summed E-state index contributed by atoms with van der Waals surface area (Å²) in [7, 11) is 0. The van der Waals surface area contributed by atoms with Gasteiger partial charge in [0.25, 0.3) is 0 Å². The topological polar surface area (TPSA) is 64.9 Å². The molecule has 2 N–H and O–H groups in total. The Morgan fingerprint density at radius 1 is 1.50 bits per heavy atom. The number of nitrogens with zero attached hydrogens (tertiary/aromatic N) is 2. The monoisotopic (exact) mass is 275 g/mol. The lowest BCUT2D eigenvalue weighted by molar-refractivity contribution is -0.122. The summed E-state index contributed by atoms with van der Waals surface area (Å²) in [5.41, 5.74) is 2.53. The van der Waals surface area contributed by atoms with Crippen LogP contribution in [0, 0.1) is 0 Å². The van der Waals surface area contributed by atoms with E-state index < -0.39 is 0 Å². The van der Waals surface area contributed by atoms with Gasteiger partial charge in [-0.25, -0.2) is 0 Å². The van der Waals surface area contributed by atoms with Crippen molar-refractivity contribution in [3.63, 3.8) is 0 Å². The van der Waals surface area contributed by atoms with Gasteiger partial charge in [-0.3, -0.25) is 4.79 Å². The number of fused-ring (bicyclic) bond motifs is 1. The third-order valence-electron chi connectivity index (χ3n) is 3.63. The normalized spacial score (nSPS) is 17.7. The number of carbonyl (C=O) groups excluding carboxylic acids is 1. The molecule has 1 aromatic carbocycles. The van der Waals surface area contributed by atoms with Crippen LogP contribution in [0.1, 0.15) is 32.3 Å². The third kappa shape index (κ3) is 2.76. The lowest BCUT2D eigenvalue weighted by atomic mass is 9.98. The highest BCUT2D eigenvalue weighted by Gasteiger charge is 2.28. The Bertz CT molecular complexity index is 514. The van der Waals surface area contributed by atoms with Crippen LogP contribution in [0.4, 0.5) is 5.69 Å². The van der Waals surface area contributed by atoms with E-state index in [1.54, 1.807) is 0 Å². The zero-order valence-corrected chi connectivity index (χ0v) is 12.0. The number of rotatable bonds is 4. The van der Waals surface area contributed by atoms with Gasteiger partial charge in [-0.05, 0) is 19.4 Å². The van der Waals surface area contributed by atoms with E-state index in [9.17, 15) is 4.79 Å². The smallest absolute Gasteiger partial charge is 0.242 e. The number of amides is 1. The quantitative estimate of drug-likeness (QED) is 0.652. The van der Waals surface area contributed by atoms with E-state index in [1.165, 1.54) is 0 Å². The molecule has 1 unspecified atom stereocenters. The van der Waals surface area contributed by atoms with Gasteiger partial charge in [0.05, 0.1) is 5.71 Å². The van der Waals surface area contributed by atoms with Crippen LogP contribution in [0.15, 0.2) is 29.4 Å². The molecule has 0 spiro atoms. The van der Waals surface area contributed by atoms with Gasteiger partial charge >= 0.3 is 0 Å². The average molecular weight is 275 g/mol. The van der Waals surface area contributed by atoms with Crippen molar-refractivity contribution in [2.45, 2.75) is 32.7 Å². The molecule has 1 aliphatic rings. The first-order valence-corrected chi connectivity index (χ1v) is 7.03. The third-order valence-corrected chi connectivity index (χ3v) is 3.63. The average Bonchev–Trinajstić information content (AvgIpc) is 2.50. The molecule has 0 aromatic heterocycles. The van der Waals surface area contributed by atoms with Gasteiger partial charge in [0.2, 0.25) is 5.91 Å². The maximum atomic E-state index is 12.1. The Labute approximate surface area is 119 Å². The van der Waals surface area contributed by atoms with Crippen molar-refractivity contribution < 1.29 is 10.0 Å². The molecule has 1 amide bonds. The van der Waals surface area contributed by atoms with Gasteiger partial charge in [-0.15, -0.1) is 0 Å². The predicted molar refractivity (Wildman–Crippen MR) is 79.5 cm³/mol. The molecular formula is C15H21N3O2. The van der Waals surface area contributed by atoms with Gasteiger partial charge in [-0.2, -0.15) is 0 Å². The first-order chi connectivity index (χ1) is 9.69. The van der Waals surface area contributed by atoms with Crippen molar-refractivity contribution in [2.24, 2.45) is 5.16 Å². The molecule has 108 valence electrons. The van der Waals surface area contributed by atoms with Crippen LogP contribution in [0.25, 0.3) is 0 Å². The fourth-order valence-electron chi connectivity index (χ4n) is 2.49. The van der Waals surface area contributed by atoms with Crippen LogP contribution in [0.5, 0.6) is 0 Å². The molecule has 0 radical (unpaired) electrons. The Hall–Kier alpha value is -2.04. The lowest BCUT2D eigenvalue weighted by Gasteiger charge is -2.35. The van der Waals surface area contributed by atoms with E-state index >= 15 is 0 Å². The maximum Gasteiger partial charge on any atom is 0.242 e. The van der Waals surface area contributed by atoms with Crippen molar-refractivity contribution in [2.75, 3.05) is 18.0 Å². The van der Waals surface area contributed by atoms with Gasteiger partial charge in [-0.1, -0.05) is 30.3 Å². The van der Waals surface area contributed by atoms with Crippen molar-refractivity contribution in [1.29, 1.82) is 0 Å². The first-order valence-electron chi connectivity index (χ1n) is 7.03. The fraction of sp³-hybridized carbons (Fsp3) is 0.467. The number of nitrogens with one attached hydrogen (secondary N) is 1. The van der Waals surface area contributed by atoms with Gasteiger partial charge in [0.1, 0.15) is 6.04 Å². The summed E-state index contributed by atoms with van der Waals surface area (Å²) in [6.45, 7) is 5.31. The van der Waals surface area contributed by atoms with Gasteiger partial charge in [0, 0.05) is 30.8 Å². The molecule has 0 bridgehead atoms. The Balaban J connectivity index is 2.24. The highest BCUT2D eigenvalue weighted by atomic mass is 16.4. The van der Waals surface area contributed by atoms with E-state index in [-0.39, 0.29) is 11.9 Å². The first kappa shape index (κ1) is 14.4. The van der Waals surface area contributed by atoms with Crippen molar-refractivity contribution in [3.8, 4) is 0 Å². The van der Waals surface area contributed by atoms with E-state index in [0.717, 1.165) is 17.7 Å². The summed E-state index contributed by atoms with van der Waals surface area (Å²) in [5.74, 6) is 0.0334. The predicted octanol–water partition coefficient (Wildman–Crippen LogP) is 1.99. The van der Waals surface area contributed by atoms with Crippen LogP contribution in [0.3, 0.4) is 0 Å². The molecule has 0 saturated heterocycles. The van der Waals surface area contributed by atoms with Crippen molar-refractivity contribution in [1.82, 2.24) is 5.32 Å². The second-order valence-corrected chi connectivity index (χ2v) is 4.97. The molecule has 0 saturated carbocycles. The minimum absolute atomic E-state index is 0.0334. The molecule has 0 aliphatic carbocycles. The van der Waals surface area contributed by atoms with E-state index in [0.29, 0.717) is 25.2 Å². The maximum absolute atomic E-state index is 12.1. The van der Waals surface area contributed by atoms with Crippen molar-refractivity contribution >= 4 is 17.3 Å². The molecule has 1 heterocycles. The second-order valence-electron chi connectivity index (χ2n) is 4.97. The molecule has 0 fully saturated rings. The Morgan fingerprint density at radius 3 is 2.95 bits per heavy atom. The van der Waals surface area contributed by atoms with Crippen LogP contribution < -0.4 is 10.2 Å². The van der Waals surface area contributed by atoms with Crippen LogP contribution in [-0.4, -0.2) is 36.0 Å². The number of oxime groups is 1. The Kier molecular flexibility index (Phi) is 4.61. The molecule has 1 aromatic rings. The number of para-hydroxylation sites is 1. The number of hydrogen-bond donors (Lipinski definition) is 2.